The van der Waals surface area contributed by atoms with Crippen molar-refractivity contribution in [3.8, 4) is 0 Å². The number of carbonyl (C=O) groups is 3. The Labute approximate surface area is 170 Å². The number of hydrogen-bond acceptors (Lipinski definition) is 5. The average molecular weight is 398 g/mol. The molecule has 0 fully saturated rings. The van der Waals surface area contributed by atoms with E-state index in [1.54, 1.807) is 0 Å². The Balaban J connectivity index is 1.67. The number of rotatable bonds is 7. The molecule has 154 valence electrons. The molecular weight excluding hydrogens is 372 g/mol. The summed E-state index contributed by atoms with van der Waals surface area (Å²) < 4.78 is 5.05. The summed E-state index contributed by atoms with van der Waals surface area (Å²) in [4.78, 5) is 35.7. The highest BCUT2D eigenvalue weighted by molar-refractivity contribution is 5.88. The molecule has 4 N–H and O–H groups in total. The van der Waals surface area contributed by atoms with Gasteiger partial charge < -0.3 is 15.4 Å². The van der Waals surface area contributed by atoms with E-state index >= 15 is 0 Å². The van der Waals surface area contributed by atoms with E-state index in [1.165, 1.54) is 6.92 Å². The number of nitrogens with one attached hydrogen (secondary N) is 4. The Morgan fingerprint density at radius 3 is 2.41 bits per heavy atom. The summed E-state index contributed by atoms with van der Waals surface area (Å²) in [6.45, 7) is 5.51. The van der Waals surface area contributed by atoms with Crippen molar-refractivity contribution < 1.29 is 19.1 Å². The topological polar surface area (TPSA) is 109 Å². The van der Waals surface area contributed by atoms with Crippen molar-refractivity contribution in [1.29, 1.82) is 0 Å². The third-order valence-corrected chi connectivity index (χ3v) is 4.09. The molecule has 3 amide bonds. The van der Waals surface area contributed by atoms with Crippen LogP contribution in [-0.4, -0.2) is 30.5 Å². The van der Waals surface area contributed by atoms with E-state index in [9.17, 15) is 14.4 Å². The van der Waals surface area contributed by atoms with Gasteiger partial charge in [-0.15, -0.1) is 0 Å². The van der Waals surface area contributed by atoms with Gasteiger partial charge in [-0.1, -0.05) is 48.0 Å². The lowest BCUT2D eigenvalue weighted by Gasteiger charge is -2.15. The highest BCUT2D eigenvalue weighted by Crippen LogP contribution is 2.15. The third-order valence-electron chi connectivity index (χ3n) is 4.09. The second-order valence-electron chi connectivity index (χ2n) is 6.64. The number of benzene rings is 2. The van der Waals surface area contributed by atoms with Crippen LogP contribution >= 0.6 is 0 Å². The number of hydrazine groups is 1. The molecule has 2 rings (SSSR count). The van der Waals surface area contributed by atoms with Crippen LogP contribution in [0.15, 0.2) is 48.5 Å². The maximum atomic E-state index is 12.0. The van der Waals surface area contributed by atoms with Gasteiger partial charge in [0.1, 0.15) is 12.6 Å². The molecule has 8 nitrogen and oxygen atoms in total. The molecule has 8 heteroatoms. The van der Waals surface area contributed by atoms with Gasteiger partial charge in [0.15, 0.2) is 0 Å². The standard InChI is InChI=1S/C21H26N4O4/c1-14-9-10-18(15(2)11-14)22-12-19(26)24-25-20(27)16(3)23-21(28)29-13-17-7-5-4-6-8-17/h4-11,16,22H,12-13H2,1-3H3,(H,23,28)(H,24,26)(H,25,27)/t16-/m1/s1. The predicted octanol–water partition coefficient (Wildman–Crippen LogP) is 2.18. The zero-order valence-electron chi connectivity index (χ0n) is 16.7. The van der Waals surface area contributed by atoms with Gasteiger partial charge >= 0.3 is 6.09 Å². The lowest BCUT2D eigenvalue weighted by atomic mass is 10.1. The first-order valence-corrected chi connectivity index (χ1v) is 9.22. The van der Waals surface area contributed by atoms with E-state index < -0.39 is 23.9 Å². The summed E-state index contributed by atoms with van der Waals surface area (Å²) in [5, 5.41) is 5.41. The summed E-state index contributed by atoms with van der Waals surface area (Å²) >= 11 is 0. The minimum atomic E-state index is -0.883. The number of alkyl carbamates (subject to hydrolysis) is 1. The van der Waals surface area contributed by atoms with E-state index in [0.29, 0.717) is 0 Å². The van der Waals surface area contributed by atoms with Gasteiger partial charge in [0.2, 0.25) is 0 Å². The Kier molecular flexibility index (Phi) is 8.02. The van der Waals surface area contributed by atoms with Gasteiger partial charge in [-0.3, -0.25) is 20.4 Å². The number of anilines is 1. The smallest absolute Gasteiger partial charge is 0.408 e. The predicted molar refractivity (Wildman–Crippen MR) is 110 cm³/mol. The highest BCUT2D eigenvalue weighted by Gasteiger charge is 2.17. The minimum Gasteiger partial charge on any atom is -0.445 e. The highest BCUT2D eigenvalue weighted by atomic mass is 16.5. The summed E-state index contributed by atoms with van der Waals surface area (Å²) in [6.07, 6.45) is -0.723. The van der Waals surface area contributed by atoms with Gasteiger partial charge in [-0.2, -0.15) is 0 Å². The summed E-state index contributed by atoms with van der Waals surface area (Å²) in [7, 11) is 0. The minimum absolute atomic E-state index is 0.00882. The fourth-order valence-corrected chi connectivity index (χ4v) is 2.48. The SMILES string of the molecule is Cc1ccc(NCC(=O)NNC(=O)[C@@H](C)NC(=O)OCc2ccccc2)c(C)c1. The first-order valence-electron chi connectivity index (χ1n) is 9.22. The molecule has 0 bridgehead atoms. The molecule has 0 aliphatic heterocycles. The Bertz CT molecular complexity index is 855. The second kappa shape index (κ2) is 10.7. The zero-order valence-corrected chi connectivity index (χ0v) is 16.7. The van der Waals surface area contributed by atoms with Gasteiger partial charge in [-0.05, 0) is 38.0 Å². The van der Waals surface area contributed by atoms with Crippen LogP contribution in [0.3, 0.4) is 0 Å². The number of hydrogen-bond donors (Lipinski definition) is 4. The maximum absolute atomic E-state index is 12.0. The number of aryl methyl sites for hydroxylation is 2. The van der Waals surface area contributed by atoms with Crippen molar-refractivity contribution in [3.05, 3.63) is 65.2 Å². The van der Waals surface area contributed by atoms with Crippen molar-refractivity contribution in [2.24, 2.45) is 0 Å². The van der Waals surface area contributed by atoms with Crippen molar-refractivity contribution in [2.75, 3.05) is 11.9 Å². The van der Waals surface area contributed by atoms with Crippen LogP contribution in [0.2, 0.25) is 0 Å². The Morgan fingerprint density at radius 1 is 1.00 bits per heavy atom. The van der Waals surface area contributed by atoms with E-state index in [1.807, 2.05) is 62.4 Å². The third kappa shape index (κ3) is 7.53. The lowest BCUT2D eigenvalue weighted by Crippen LogP contribution is -2.52. The van der Waals surface area contributed by atoms with Crippen LogP contribution in [0, 0.1) is 13.8 Å². The molecule has 0 aliphatic carbocycles. The normalized spacial score (nSPS) is 11.1. The van der Waals surface area contributed by atoms with Crippen molar-refractivity contribution in [3.63, 3.8) is 0 Å². The zero-order chi connectivity index (χ0) is 21.2. The van der Waals surface area contributed by atoms with E-state index in [2.05, 4.69) is 21.5 Å². The van der Waals surface area contributed by atoms with Gasteiger partial charge in [0.25, 0.3) is 11.8 Å². The van der Waals surface area contributed by atoms with Gasteiger partial charge in [0.05, 0.1) is 6.54 Å². The van der Waals surface area contributed by atoms with Gasteiger partial charge in [0, 0.05) is 5.69 Å². The Morgan fingerprint density at radius 2 is 1.72 bits per heavy atom. The number of amides is 3. The van der Waals surface area contributed by atoms with E-state index in [-0.39, 0.29) is 13.2 Å². The molecule has 2 aromatic carbocycles. The molecule has 0 heterocycles. The van der Waals surface area contributed by atoms with Crippen LogP contribution in [0.4, 0.5) is 10.5 Å². The summed E-state index contributed by atoms with van der Waals surface area (Å²) in [6, 6.07) is 14.1. The van der Waals surface area contributed by atoms with E-state index in [4.69, 9.17) is 4.74 Å². The molecular formula is C21H26N4O4. The Hall–Kier alpha value is -3.55. The van der Waals surface area contributed by atoms with Crippen LogP contribution in [0.1, 0.15) is 23.6 Å². The first kappa shape index (κ1) is 21.7. The molecule has 0 saturated heterocycles. The maximum Gasteiger partial charge on any atom is 0.408 e. The molecule has 2 aromatic rings. The molecule has 29 heavy (non-hydrogen) atoms. The number of ether oxygens (including phenoxy) is 1. The van der Waals surface area contributed by atoms with Crippen molar-refractivity contribution >= 4 is 23.6 Å². The average Bonchev–Trinajstić information content (AvgIpc) is 2.70. The largest absolute Gasteiger partial charge is 0.445 e. The molecule has 0 spiro atoms. The summed E-state index contributed by atoms with van der Waals surface area (Å²) in [5.74, 6) is -0.987. The van der Waals surface area contributed by atoms with E-state index in [0.717, 1.165) is 22.4 Å². The lowest BCUT2D eigenvalue weighted by molar-refractivity contribution is -0.128. The molecule has 0 aromatic heterocycles. The fraction of sp³-hybridized carbons (Fsp3) is 0.286. The fourth-order valence-electron chi connectivity index (χ4n) is 2.48. The molecule has 0 radical (unpaired) electrons. The molecule has 0 aliphatic rings. The second-order valence-corrected chi connectivity index (χ2v) is 6.64. The van der Waals surface area contributed by atoms with Gasteiger partial charge in [-0.25, -0.2) is 4.79 Å². The molecule has 1 atom stereocenters. The van der Waals surface area contributed by atoms with Crippen LogP contribution in [-0.2, 0) is 20.9 Å². The molecule has 0 saturated carbocycles. The molecule has 0 unspecified atom stereocenters. The van der Waals surface area contributed by atoms with Crippen LogP contribution in [0.5, 0.6) is 0 Å². The van der Waals surface area contributed by atoms with Crippen LogP contribution < -0.4 is 21.5 Å². The summed E-state index contributed by atoms with van der Waals surface area (Å²) in [5.41, 5.74) is 8.41. The first-order chi connectivity index (χ1) is 13.8. The van der Waals surface area contributed by atoms with Crippen molar-refractivity contribution in [2.45, 2.75) is 33.4 Å². The van der Waals surface area contributed by atoms with Crippen LogP contribution in [0.25, 0.3) is 0 Å². The number of carbonyl (C=O) groups excluding carboxylic acids is 3. The monoisotopic (exact) mass is 398 g/mol. The quantitative estimate of drug-likeness (QED) is 0.535. The van der Waals surface area contributed by atoms with Crippen molar-refractivity contribution in [1.82, 2.24) is 16.2 Å².